The maximum absolute atomic E-state index is 10.5. The lowest BCUT2D eigenvalue weighted by molar-refractivity contribution is 1.17. The lowest BCUT2D eigenvalue weighted by atomic mass is 10.0. The quantitative estimate of drug-likeness (QED) is 0.138. The topological polar surface area (TPSA) is 76.3 Å². The Morgan fingerprint density at radius 1 is 0.440 bits per heavy atom. The van der Waals surface area contributed by atoms with Crippen LogP contribution >= 0.6 is 0 Å². The van der Waals surface area contributed by atoms with E-state index in [9.17, 15) is 15.8 Å². The van der Waals surface area contributed by atoms with Gasteiger partial charge in [-0.05, 0) is 80.4 Å². The number of nitrogens with zero attached hydrogens (tertiary/aromatic N) is 4. The van der Waals surface area contributed by atoms with Gasteiger partial charge in [-0.25, -0.2) is 0 Å². The zero-order valence-electron chi connectivity index (χ0n) is 27.0. The van der Waals surface area contributed by atoms with Gasteiger partial charge in [-0.3, -0.25) is 0 Å². The molecule has 0 fully saturated rings. The highest BCUT2D eigenvalue weighted by atomic mass is 28.3. The van der Waals surface area contributed by atoms with Crippen molar-refractivity contribution in [1.29, 1.82) is 15.8 Å². The second-order valence-corrected chi connectivity index (χ2v) is 16.0. The van der Waals surface area contributed by atoms with Crippen LogP contribution in [-0.2, 0) is 0 Å². The van der Waals surface area contributed by atoms with E-state index in [1.807, 2.05) is 30.3 Å². The Morgan fingerprint density at radius 2 is 0.920 bits per heavy atom. The molecule has 0 saturated carbocycles. The summed E-state index contributed by atoms with van der Waals surface area (Å²) in [6, 6.07) is 65.4. The fourth-order valence-electron chi connectivity index (χ4n) is 7.49. The molecule has 0 aliphatic rings. The highest BCUT2D eigenvalue weighted by Crippen LogP contribution is 2.36. The summed E-state index contributed by atoms with van der Waals surface area (Å²) in [5.74, 6) is 0. The van der Waals surface area contributed by atoms with E-state index in [1.54, 1.807) is 12.1 Å². The summed E-state index contributed by atoms with van der Waals surface area (Å²) in [4.78, 5) is 0. The molecular weight excluding hydrogens is 625 g/mol. The van der Waals surface area contributed by atoms with Crippen molar-refractivity contribution in [2.45, 2.75) is 0 Å². The molecule has 0 radical (unpaired) electrons. The molecule has 0 aliphatic carbocycles. The lowest BCUT2D eigenvalue weighted by Gasteiger charge is -2.36. The average molecular weight is 653 g/mol. The summed E-state index contributed by atoms with van der Waals surface area (Å²) in [7, 11) is -2.87. The Morgan fingerprint density at radius 3 is 1.40 bits per heavy atom. The molecule has 0 N–H and O–H groups in total. The van der Waals surface area contributed by atoms with Crippen molar-refractivity contribution in [2.24, 2.45) is 0 Å². The van der Waals surface area contributed by atoms with Crippen LogP contribution in [0.25, 0.3) is 38.6 Å². The molecule has 1 heterocycles. The summed E-state index contributed by atoms with van der Waals surface area (Å²) in [6.45, 7) is 0. The van der Waals surface area contributed by atoms with Crippen molar-refractivity contribution in [3.05, 3.63) is 187 Å². The first-order valence-electron chi connectivity index (χ1n) is 16.4. The Labute approximate surface area is 291 Å². The largest absolute Gasteiger partial charge is 0.308 e. The van der Waals surface area contributed by atoms with Crippen LogP contribution in [0.3, 0.4) is 0 Å². The first-order chi connectivity index (χ1) is 24.7. The van der Waals surface area contributed by atoms with Gasteiger partial charge in [0.2, 0.25) is 0 Å². The van der Waals surface area contributed by atoms with Crippen molar-refractivity contribution in [3.8, 4) is 35.0 Å². The van der Waals surface area contributed by atoms with Gasteiger partial charge in [0.25, 0.3) is 0 Å². The second kappa shape index (κ2) is 12.6. The molecule has 5 heteroatoms. The molecule has 1 aromatic heterocycles. The zero-order valence-corrected chi connectivity index (χ0v) is 28.0. The third kappa shape index (κ3) is 4.80. The van der Waals surface area contributed by atoms with Crippen LogP contribution in [0.15, 0.2) is 170 Å². The van der Waals surface area contributed by atoms with Crippen LogP contribution in [0.5, 0.6) is 0 Å². The Kier molecular flexibility index (Phi) is 7.63. The number of benzene rings is 7. The number of hydrogen-bond donors (Lipinski definition) is 0. The van der Waals surface area contributed by atoms with Crippen LogP contribution in [0, 0.1) is 34.0 Å². The molecule has 232 valence electrons. The van der Waals surface area contributed by atoms with Gasteiger partial charge in [-0.15, -0.1) is 0 Å². The van der Waals surface area contributed by atoms with E-state index < -0.39 is 8.07 Å². The number of hydrogen-bond acceptors (Lipinski definition) is 3. The van der Waals surface area contributed by atoms with E-state index >= 15 is 0 Å². The first-order valence-corrected chi connectivity index (χ1v) is 18.4. The molecule has 0 aliphatic heterocycles. The molecule has 0 unspecified atom stereocenters. The summed E-state index contributed by atoms with van der Waals surface area (Å²) < 4.78 is 2.09. The van der Waals surface area contributed by atoms with Crippen LogP contribution in [-0.4, -0.2) is 12.6 Å². The van der Waals surface area contributed by atoms with Gasteiger partial charge in [0.15, 0.2) is 8.07 Å². The van der Waals surface area contributed by atoms with Crippen molar-refractivity contribution in [1.82, 2.24) is 4.57 Å². The van der Waals surface area contributed by atoms with Crippen molar-refractivity contribution < 1.29 is 0 Å². The molecule has 7 aromatic carbocycles. The van der Waals surface area contributed by atoms with E-state index in [2.05, 4.69) is 150 Å². The number of aromatic nitrogens is 1. The number of nitriles is 3. The van der Waals surface area contributed by atoms with Gasteiger partial charge >= 0.3 is 0 Å². The smallest absolute Gasteiger partial charge is 0.180 e. The molecule has 8 rings (SSSR count). The standard InChI is InChI=1S/C45H28N4Si/c46-29-32-20-24-42-40(26-32)41-27-33(30-47)21-25-43(41)49(42)44-28-34(22-23-35(44)31-48)39-18-10-11-19-45(39)50(36-12-4-1-5-13-36,37-14-6-2-7-15-37)38-16-8-3-9-17-38/h1-28H. The Balaban J connectivity index is 1.45. The second-order valence-electron chi connectivity index (χ2n) is 12.3. The molecule has 0 saturated heterocycles. The van der Waals surface area contributed by atoms with Crippen molar-refractivity contribution in [2.75, 3.05) is 0 Å². The van der Waals surface area contributed by atoms with Gasteiger partial charge in [0, 0.05) is 10.8 Å². The van der Waals surface area contributed by atoms with E-state index in [4.69, 9.17) is 0 Å². The minimum atomic E-state index is -2.87. The third-order valence-electron chi connectivity index (χ3n) is 9.64. The van der Waals surface area contributed by atoms with Crippen LogP contribution in [0.2, 0.25) is 0 Å². The zero-order chi connectivity index (χ0) is 34.1. The molecule has 0 atom stereocenters. The molecule has 50 heavy (non-hydrogen) atoms. The molecular formula is C45H28N4Si. The van der Waals surface area contributed by atoms with Gasteiger partial charge in [0.1, 0.15) is 6.07 Å². The lowest BCUT2D eigenvalue weighted by Crippen LogP contribution is -2.75. The van der Waals surface area contributed by atoms with Gasteiger partial charge in [-0.2, -0.15) is 15.8 Å². The third-order valence-corrected chi connectivity index (χ3v) is 14.5. The number of rotatable bonds is 6. The SMILES string of the molecule is N#Cc1ccc2c(c1)c1cc(C#N)ccc1n2-c1cc(-c2ccccc2[Si](c2ccccc2)(c2ccccc2)c2ccccc2)ccc1C#N. The summed E-state index contributed by atoms with van der Waals surface area (Å²) in [5, 5.41) is 36.7. The molecule has 0 bridgehead atoms. The fraction of sp³-hybridized carbons (Fsp3) is 0. The van der Waals surface area contributed by atoms with E-state index in [0.717, 1.165) is 38.6 Å². The van der Waals surface area contributed by atoms with Crippen LogP contribution < -0.4 is 20.7 Å². The van der Waals surface area contributed by atoms with Gasteiger partial charge in [0.05, 0.1) is 45.5 Å². The first kappa shape index (κ1) is 30.4. The Bertz CT molecular complexity index is 2510. The molecule has 0 spiro atoms. The predicted molar refractivity (Wildman–Crippen MR) is 204 cm³/mol. The van der Waals surface area contributed by atoms with Gasteiger partial charge < -0.3 is 4.57 Å². The highest BCUT2D eigenvalue weighted by molar-refractivity contribution is 7.20. The van der Waals surface area contributed by atoms with Crippen LogP contribution in [0.1, 0.15) is 16.7 Å². The number of fused-ring (bicyclic) bond motifs is 3. The average Bonchev–Trinajstić information content (AvgIpc) is 3.52. The predicted octanol–water partition coefficient (Wildman–Crippen LogP) is 7.44. The van der Waals surface area contributed by atoms with E-state index in [0.29, 0.717) is 16.7 Å². The molecule has 8 aromatic rings. The fourth-order valence-corrected chi connectivity index (χ4v) is 12.5. The minimum Gasteiger partial charge on any atom is -0.308 e. The molecule has 0 amide bonds. The monoisotopic (exact) mass is 652 g/mol. The molecule has 4 nitrogen and oxygen atoms in total. The van der Waals surface area contributed by atoms with Gasteiger partial charge in [-0.1, -0.05) is 121 Å². The minimum absolute atomic E-state index is 0.524. The Hall–Kier alpha value is -6.97. The summed E-state index contributed by atoms with van der Waals surface area (Å²) in [5.41, 5.74) is 6.14. The summed E-state index contributed by atoms with van der Waals surface area (Å²) in [6.07, 6.45) is 0. The van der Waals surface area contributed by atoms with E-state index in [-0.39, 0.29) is 0 Å². The maximum Gasteiger partial charge on any atom is 0.180 e. The summed E-state index contributed by atoms with van der Waals surface area (Å²) >= 11 is 0. The highest BCUT2D eigenvalue weighted by Gasteiger charge is 2.42. The maximum atomic E-state index is 10.5. The van der Waals surface area contributed by atoms with Crippen molar-refractivity contribution >= 4 is 50.6 Å². The van der Waals surface area contributed by atoms with Crippen LogP contribution in [0.4, 0.5) is 0 Å². The van der Waals surface area contributed by atoms with Crippen molar-refractivity contribution in [3.63, 3.8) is 0 Å². The van der Waals surface area contributed by atoms with E-state index in [1.165, 1.54) is 20.7 Å². The normalized spacial score (nSPS) is 11.1.